The van der Waals surface area contributed by atoms with Gasteiger partial charge in [-0.05, 0) is 31.2 Å². The Morgan fingerprint density at radius 1 is 1.40 bits per heavy atom. The van der Waals surface area contributed by atoms with E-state index in [-0.39, 0.29) is 29.4 Å². The Labute approximate surface area is 123 Å². The van der Waals surface area contributed by atoms with Crippen molar-refractivity contribution in [2.24, 2.45) is 0 Å². The van der Waals surface area contributed by atoms with Crippen molar-refractivity contribution in [3.63, 3.8) is 0 Å². The molecule has 1 aromatic heterocycles. The molecule has 20 heavy (non-hydrogen) atoms. The van der Waals surface area contributed by atoms with E-state index < -0.39 is 5.97 Å². The molecule has 2 unspecified atom stereocenters. The fraction of sp³-hybridized carbons (Fsp3) is 0.571. The second-order valence-electron chi connectivity index (χ2n) is 5.02. The van der Waals surface area contributed by atoms with Gasteiger partial charge in [0.15, 0.2) is 0 Å². The fourth-order valence-corrected chi connectivity index (χ4v) is 2.43. The summed E-state index contributed by atoms with van der Waals surface area (Å²) in [5.74, 6) is -0.276. The van der Waals surface area contributed by atoms with Gasteiger partial charge in [-0.1, -0.05) is 13.8 Å². The first-order valence-electron chi connectivity index (χ1n) is 6.54. The lowest BCUT2D eigenvalue weighted by atomic mass is 10.1. The van der Waals surface area contributed by atoms with Gasteiger partial charge in [0.05, 0.1) is 12.2 Å². The lowest BCUT2D eigenvalue weighted by Gasteiger charge is -2.22. The van der Waals surface area contributed by atoms with E-state index in [1.54, 1.807) is 17.8 Å². The second-order valence-corrected chi connectivity index (χ2v) is 6.09. The minimum absolute atomic E-state index is 0.00782. The highest BCUT2D eigenvalue weighted by Gasteiger charge is 2.17. The van der Waals surface area contributed by atoms with Gasteiger partial charge in [0.2, 0.25) is 0 Å². The molecule has 112 valence electrons. The summed E-state index contributed by atoms with van der Waals surface area (Å²) in [6.07, 6.45) is 1.93. The first kappa shape index (κ1) is 16.8. The van der Waals surface area contributed by atoms with Crippen LogP contribution < -0.4 is 5.32 Å². The molecule has 1 aromatic rings. The van der Waals surface area contributed by atoms with Gasteiger partial charge in [0.25, 0.3) is 0 Å². The molecule has 6 heteroatoms. The molecule has 0 radical (unpaired) electrons. The van der Waals surface area contributed by atoms with Crippen molar-refractivity contribution >= 4 is 23.5 Å². The van der Waals surface area contributed by atoms with Gasteiger partial charge in [0, 0.05) is 17.0 Å². The summed E-state index contributed by atoms with van der Waals surface area (Å²) >= 11 is 1.56. The van der Waals surface area contributed by atoms with Gasteiger partial charge in [-0.2, -0.15) is 11.8 Å². The van der Waals surface area contributed by atoms with Crippen molar-refractivity contribution in [3.05, 3.63) is 23.4 Å². The minimum Gasteiger partial charge on any atom is -0.478 e. The fourth-order valence-electron chi connectivity index (χ4n) is 1.81. The number of carboxylic acids is 1. The number of aliphatic hydroxyl groups excluding tert-OH is 1. The van der Waals surface area contributed by atoms with E-state index in [4.69, 9.17) is 5.11 Å². The Hall–Kier alpha value is -1.27. The maximum Gasteiger partial charge on any atom is 0.335 e. The zero-order valence-electron chi connectivity index (χ0n) is 12.3. The van der Waals surface area contributed by atoms with Gasteiger partial charge < -0.3 is 15.5 Å². The zero-order chi connectivity index (χ0) is 15.3. The molecule has 0 saturated heterocycles. The first-order chi connectivity index (χ1) is 9.38. The first-order valence-corrected chi connectivity index (χ1v) is 7.83. The van der Waals surface area contributed by atoms with Crippen LogP contribution in [-0.2, 0) is 0 Å². The van der Waals surface area contributed by atoms with Crippen LogP contribution in [0.25, 0.3) is 0 Å². The van der Waals surface area contributed by atoms with Gasteiger partial charge >= 0.3 is 5.97 Å². The molecular formula is C14H22N2O3S. The normalized spacial score (nSPS) is 14.1. The van der Waals surface area contributed by atoms with Crippen molar-refractivity contribution in [2.45, 2.75) is 38.0 Å². The molecular weight excluding hydrogens is 276 g/mol. The number of hydrogen-bond donors (Lipinski definition) is 3. The Bertz CT molecular complexity index is 462. The van der Waals surface area contributed by atoms with Crippen LogP contribution in [0.15, 0.2) is 12.1 Å². The van der Waals surface area contributed by atoms with Crippen LogP contribution in [0, 0.1) is 0 Å². The maximum absolute atomic E-state index is 11.2. The summed E-state index contributed by atoms with van der Waals surface area (Å²) in [5.41, 5.74) is 0.965. The van der Waals surface area contributed by atoms with Crippen LogP contribution in [0.5, 0.6) is 0 Å². The van der Waals surface area contributed by atoms with Crippen LogP contribution in [0.1, 0.15) is 42.7 Å². The largest absolute Gasteiger partial charge is 0.478 e. The molecule has 0 aliphatic carbocycles. The molecule has 0 fully saturated rings. The van der Waals surface area contributed by atoms with Gasteiger partial charge in [-0.15, -0.1) is 0 Å². The molecule has 0 spiro atoms. The zero-order valence-corrected chi connectivity index (χ0v) is 13.1. The summed E-state index contributed by atoms with van der Waals surface area (Å²) < 4.78 is 0. The monoisotopic (exact) mass is 298 g/mol. The number of pyridine rings is 1. The average Bonchev–Trinajstić information content (AvgIpc) is 2.39. The molecule has 0 saturated carbocycles. The van der Waals surface area contributed by atoms with Crippen LogP contribution in [0.2, 0.25) is 0 Å². The summed E-state index contributed by atoms with van der Waals surface area (Å²) in [7, 11) is 0. The number of aromatic carboxylic acids is 1. The van der Waals surface area contributed by atoms with E-state index in [1.165, 1.54) is 6.07 Å². The molecule has 3 N–H and O–H groups in total. The summed E-state index contributed by atoms with van der Waals surface area (Å²) in [6, 6.07) is 3.12. The Kier molecular flexibility index (Phi) is 6.29. The number of aliphatic hydroxyl groups is 1. The topological polar surface area (TPSA) is 82.5 Å². The number of aromatic nitrogens is 1. The Balaban J connectivity index is 3.02. The molecule has 0 aliphatic rings. The number of thioether (sulfide) groups is 1. The lowest BCUT2D eigenvalue weighted by Crippen LogP contribution is -2.31. The summed E-state index contributed by atoms with van der Waals surface area (Å²) in [6.45, 7) is 5.95. The standard InChI is InChI=1S/C14H22N2O3S/c1-8(2)11-5-10(14(18)19)6-13(16-11)15-9(3)12(7-17)20-4/h5-6,8-9,12,17H,7H2,1-4H3,(H,15,16)(H,18,19). The highest BCUT2D eigenvalue weighted by molar-refractivity contribution is 7.99. The molecule has 0 amide bonds. The molecule has 2 atom stereocenters. The smallest absolute Gasteiger partial charge is 0.335 e. The predicted molar refractivity (Wildman–Crippen MR) is 82.8 cm³/mol. The quantitative estimate of drug-likeness (QED) is 0.717. The second kappa shape index (κ2) is 7.50. The van der Waals surface area contributed by atoms with E-state index in [2.05, 4.69) is 10.3 Å². The number of anilines is 1. The average molecular weight is 298 g/mol. The highest BCUT2D eigenvalue weighted by Crippen LogP contribution is 2.20. The van der Waals surface area contributed by atoms with E-state index in [1.807, 2.05) is 27.0 Å². The Morgan fingerprint density at radius 3 is 2.50 bits per heavy atom. The number of carbonyl (C=O) groups is 1. The van der Waals surface area contributed by atoms with Crippen LogP contribution >= 0.6 is 11.8 Å². The number of nitrogens with one attached hydrogen (secondary N) is 1. The maximum atomic E-state index is 11.2. The van der Waals surface area contributed by atoms with E-state index >= 15 is 0 Å². The van der Waals surface area contributed by atoms with Crippen LogP contribution in [-0.4, -0.2) is 45.3 Å². The summed E-state index contributed by atoms with van der Waals surface area (Å²) in [5, 5.41) is 21.7. The number of nitrogens with zero attached hydrogens (tertiary/aromatic N) is 1. The molecule has 5 nitrogen and oxygen atoms in total. The molecule has 1 heterocycles. The third-order valence-corrected chi connectivity index (χ3v) is 4.26. The van der Waals surface area contributed by atoms with E-state index in [0.717, 1.165) is 5.69 Å². The number of hydrogen-bond acceptors (Lipinski definition) is 5. The Morgan fingerprint density at radius 2 is 2.05 bits per heavy atom. The van der Waals surface area contributed by atoms with Gasteiger partial charge in [0.1, 0.15) is 5.82 Å². The van der Waals surface area contributed by atoms with Gasteiger partial charge in [-0.3, -0.25) is 0 Å². The molecule has 0 bridgehead atoms. The van der Waals surface area contributed by atoms with Crippen molar-refractivity contribution in [2.75, 3.05) is 18.2 Å². The lowest BCUT2D eigenvalue weighted by molar-refractivity contribution is 0.0696. The third kappa shape index (κ3) is 4.38. The van der Waals surface area contributed by atoms with Crippen LogP contribution in [0.3, 0.4) is 0 Å². The number of rotatable bonds is 7. The van der Waals surface area contributed by atoms with Crippen molar-refractivity contribution in [1.29, 1.82) is 0 Å². The van der Waals surface area contributed by atoms with Crippen LogP contribution in [0.4, 0.5) is 5.82 Å². The molecule has 0 aliphatic heterocycles. The summed E-state index contributed by atoms with van der Waals surface area (Å²) in [4.78, 5) is 15.6. The number of carboxylic acid groups (broad SMARTS) is 1. The minimum atomic E-state index is -0.964. The van der Waals surface area contributed by atoms with Crippen molar-refractivity contribution in [3.8, 4) is 0 Å². The van der Waals surface area contributed by atoms with E-state index in [0.29, 0.717) is 5.82 Å². The molecule has 0 aromatic carbocycles. The highest BCUT2D eigenvalue weighted by atomic mass is 32.2. The van der Waals surface area contributed by atoms with E-state index in [9.17, 15) is 9.90 Å². The predicted octanol–water partition coefficient (Wildman–Crippen LogP) is 2.43. The molecule has 1 rings (SSSR count). The van der Waals surface area contributed by atoms with Gasteiger partial charge in [-0.25, -0.2) is 9.78 Å². The van der Waals surface area contributed by atoms with Crippen molar-refractivity contribution in [1.82, 2.24) is 4.98 Å². The van der Waals surface area contributed by atoms with Crippen molar-refractivity contribution < 1.29 is 15.0 Å². The SMILES string of the molecule is CSC(CO)C(C)Nc1cc(C(=O)O)cc(C(C)C)n1. The third-order valence-electron chi connectivity index (χ3n) is 3.10.